The monoisotopic (exact) mass is 194 g/mol. The van der Waals surface area contributed by atoms with E-state index in [2.05, 4.69) is 0 Å². The molecule has 2 aliphatic rings. The number of hydrogen-bond donors (Lipinski definition) is 0. The molecule has 14 heavy (non-hydrogen) atoms. The van der Waals surface area contributed by atoms with E-state index in [1.165, 1.54) is 0 Å². The first-order chi connectivity index (χ1) is 6.77. The molecular formula is C11H14O3. The van der Waals surface area contributed by atoms with Gasteiger partial charge in [-0.3, -0.25) is 4.79 Å². The predicted octanol–water partition coefficient (Wildman–Crippen LogP) is 1.01. The lowest BCUT2D eigenvalue weighted by Crippen LogP contribution is -2.28. The summed E-state index contributed by atoms with van der Waals surface area (Å²) in [7, 11) is 0. The fourth-order valence-electron chi connectivity index (χ4n) is 1.95. The number of aldehydes is 2. The summed E-state index contributed by atoms with van der Waals surface area (Å²) in [4.78, 5) is 33.3. The van der Waals surface area contributed by atoms with Gasteiger partial charge in [0, 0.05) is 0 Å². The Balaban J connectivity index is 2.02. The average Bonchev–Trinajstić information content (AvgIpc) is 3.01. The lowest BCUT2D eigenvalue weighted by Gasteiger charge is -2.12. The van der Waals surface area contributed by atoms with Gasteiger partial charge < -0.3 is 9.59 Å². The standard InChI is InChI=1S/C11H14O3/c12-5-9(7-1-2-7)11(14)10(6-13)8-3-4-8/h5-10H,1-4H2. The summed E-state index contributed by atoms with van der Waals surface area (Å²) in [5.41, 5.74) is 0. The van der Waals surface area contributed by atoms with E-state index in [0.717, 1.165) is 38.3 Å². The van der Waals surface area contributed by atoms with Crippen LogP contribution in [-0.2, 0) is 14.4 Å². The zero-order valence-electron chi connectivity index (χ0n) is 8.02. The molecule has 0 aromatic heterocycles. The van der Waals surface area contributed by atoms with E-state index in [0.29, 0.717) is 0 Å². The largest absolute Gasteiger partial charge is 0.303 e. The number of ketones is 1. The Hall–Kier alpha value is -0.990. The number of rotatable bonds is 6. The van der Waals surface area contributed by atoms with E-state index in [4.69, 9.17) is 0 Å². The maximum Gasteiger partial charge on any atom is 0.153 e. The number of carbonyl (C=O) groups excluding carboxylic acids is 3. The van der Waals surface area contributed by atoms with Crippen molar-refractivity contribution in [2.45, 2.75) is 25.7 Å². The molecule has 0 aliphatic heterocycles. The van der Waals surface area contributed by atoms with Gasteiger partial charge in [0.25, 0.3) is 0 Å². The average molecular weight is 194 g/mol. The molecule has 2 rings (SSSR count). The van der Waals surface area contributed by atoms with Crippen molar-refractivity contribution in [3.05, 3.63) is 0 Å². The van der Waals surface area contributed by atoms with E-state index >= 15 is 0 Å². The molecular weight excluding hydrogens is 180 g/mol. The van der Waals surface area contributed by atoms with Crippen molar-refractivity contribution in [2.75, 3.05) is 0 Å². The summed E-state index contributed by atoms with van der Waals surface area (Å²) in [6.07, 6.45) is 5.32. The van der Waals surface area contributed by atoms with Crippen molar-refractivity contribution in [1.82, 2.24) is 0 Å². The smallest absolute Gasteiger partial charge is 0.153 e. The summed E-state index contributed by atoms with van der Waals surface area (Å²) in [5.74, 6) is -0.640. The van der Waals surface area contributed by atoms with Crippen LogP contribution in [0.25, 0.3) is 0 Å². The fourth-order valence-corrected chi connectivity index (χ4v) is 1.95. The third-order valence-corrected chi connectivity index (χ3v) is 3.21. The highest BCUT2D eigenvalue weighted by molar-refractivity contribution is 6.02. The first-order valence-corrected chi connectivity index (χ1v) is 5.22. The maximum atomic E-state index is 11.8. The van der Waals surface area contributed by atoms with Crippen molar-refractivity contribution in [1.29, 1.82) is 0 Å². The third kappa shape index (κ3) is 1.76. The van der Waals surface area contributed by atoms with Crippen LogP contribution in [0, 0.1) is 23.7 Å². The van der Waals surface area contributed by atoms with E-state index in [9.17, 15) is 14.4 Å². The van der Waals surface area contributed by atoms with Crippen molar-refractivity contribution >= 4 is 18.4 Å². The van der Waals surface area contributed by atoms with E-state index < -0.39 is 11.8 Å². The lowest BCUT2D eigenvalue weighted by molar-refractivity contribution is -0.134. The van der Waals surface area contributed by atoms with Gasteiger partial charge >= 0.3 is 0 Å². The van der Waals surface area contributed by atoms with Crippen LogP contribution in [0.3, 0.4) is 0 Å². The normalized spacial score (nSPS) is 25.1. The van der Waals surface area contributed by atoms with Crippen LogP contribution in [0.4, 0.5) is 0 Å². The SMILES string of the molecule is O=CC(C(=O)C(C=O)C1CC1)C1CC1. The second-order valence-electron chi connectivity index (χ2n) is 4.40. The minimum Gasteiger partial charge on any atom is -0.303 e. The van der Waals surface area contributed by atoms with Crippen LogP contribution in [-0.4, -0.2) is 18.4 Å². The number of carbonyl (C=O) groups is 3. The highest BCUT2D eigenvalue weighted by Crippen LogP contribution is 2.42. The van der Waals surface area contributed by atoms with Gasteiger partial charge in [0.15, 0.2) is 5.78 Å². The Bertz CT molecular complexity index is 238. The maximum absolute atomic E-state index is 11.8. The highest BCUT2D eigenvalue weighted by Gasteiger charge is 2.43. The van der Waals surface area contributed by atoms with Crippen LogP contribution in [0.1, 0.15) is 25.7 Å². The minimum absolute atomic E-state index is 0.125. The van der Waals surface area contributed by atoms with Crippen LogP contribution in [0.15, 0.2) is 0 Å². The number of hydrogen-bond acceptors (Lipinski definition) is 3. The molecule has 0 amide bonds. The van der Waals surface area contributed by atoms with E-state index in [1.54, 1.807) is 0 Å². The highest BCUT2D eigenvalue weighted by atomic mass is 16.2. The van der Waals surface area contributed by atoms with Gasteiger partial charge in [-0.15, -0.1) is 0 Å². The molecule has 2 unspecified atom stereocenters. The zero-order valence-corrected chi connectivity index (χ0v) is 8.02. The Morgan fingerprint density at radius 3 is 1.50 bits per heavy atom. The molecule has 0 radical (unpaired) electrons. The van der Waals surface area contributed by atoms with Gasteiger partial charge in [0.05, 0.1) is 11.8 Å². The third-order valence-electron chi connectivity index (χ3n) is 3.21. The molecule has 2 aliphatic carbocycles. The summed E-state index contributed by atoms with van der Waals surface area (Å²) in [5, 5.41) is 0. The van der Waals surface area contributed by atoms with Crippen LogP contribution >= 0.6 is 0 Å². The second kappa shape index (κ2) is 3.64. The van der Waals surface area contributed by atoms with Crippen LogP contribution in [0.5, 0.6) is 0 Å². The molecule has 76 valence electrons. The molecule has 0 bridgehead atoms. The Kier molecular flexibility index (Phi) is 2.48. The van der Waals surface area contributed by atoms with Crippen molar-refractivity contribution in [2.24, 2.45) is 23.7 Å². The predicted molar refractivity (Wildman–Crippen MR) is 49.6 cm³/mol. The lowest BCUT2D eigenvalue weighted by atomic mass is 9.88. The van der Waals surface area contributed by atoms with Crippen molar-refractivity contribution in [3.8, 4) is 0 Å². The summed E-state index contributed by atoms with van der Waals surface area (Å²) in [6, 6.07) is 0. The molecule has 0 saturated heterocycles. The van der Waals surface area contributed by atoms with Gasteiger partial charge in [-0.25, -0.2) is 0 Å². The molecule has 0 aromatic carbocycles. The number of Topliss-reactive ketones (excluding diaryl/α,β-unsaturated/α-hetero) is 1. The molecule has 3 nitrogen and oxygen atoms in total. The zero-order chi connectivity index (χ0) is 10.1. The molecule has 3 heteroatoms. The van der Waals surface area contributed by atoms with Gasteiger partial charge in [-0.05, 0) is 37.5 Å². The summed E-state index contributed by atoms with van der Waals surface area (Å²) < 4.78 is 0. The fraction of sp³-hybridized carbons (Fsp3) is 0.727. The van der Waals surface area contributed by atoms with E-state index in [1.807, 2.05) is 0 Å². The van der Waals surface area contributed by atoms with Crippen molar-refractivity contribution in [3.63, 3.8) is 0 Å². The quantitative estimate of drug-likeness (QED) is 0.468. The molecule has 0 N–H and O–H groups in total. The van der Waals surface area contributed by atoms with Crippen LogP contribution in [0.2, 0.25) is 0 Å². The molecule has 0 aromatic rings. The van der Waals surface area contributed by atoms with Gasteiger partial charge in [-0.1, -0.05) is 0 Å². The first kappa shape index (κ1) is 9.56. The molecule has 2 saturated carbocycles. The van der Waals surface area contributed by atoms with Crippen LogP contribution < -0.4 is 0 Å². The Labute approximate surface area is 82.9 Å². The summed E-state index contributed by atoms with van der Waals surface area (Å²) in [6.45, 7) is 0. The van der Waals surface area contributed by atoms with Gasteiger partial charge in [-0.2, -0.15) is 0 Å². The van der Waals surface area contributed by atoms with Gasteiger partial charge in [0.1, 0.15) is 12.6 Å². The van der Waals surface area contributed by atoms with Gasteiger partial charge in [0.2, 0.25) is 0 Å². The minimum atomic E-state index is -0.495. The molecule has 2 atom stereocenters. The molecule has 0 heterocycles. The molecule has 0 spiro atoms. The topological polar surface area (TPSA) is 51.2 Å². The Morgan fingerprint density at radius 2 is 1.29 bits per heavy atom. The first-order valence-electron chi connectivity index (χ1n) is 5.22. The Morgan fingerprint density at radius 1 is 0.929 bits per heavy atom. The second-order valence-corrected chi connectivity index (χ2v) is 4.40. The van der Waals surface area contributed by atoms with E-state index in [-0.39, 0.29) is 17.6 Å². The summed E-state index contributed by atoms with van der Waals surface area (Å²) >= 11 is 0. The molecule has 2 fully saturated rings. The van der Waals surface area contributed by atoms with Crippen molar-refractivity contribution < 1.29 is 14.4 Å².